The topological polar surface area (TPSA) is 53.0 Å². The number of benzene rings is 4. The van der Waals surface area contributed by atoms with Crippen LogP contribution in [0.4, 0.5) is 5.69 Å². The molecule has 6 rings (SSSR count). The van der Waals surface area contributed by atoms with Crippen LogP contribution in [0.15, 0.2) is 84.9 Å². The van der Waals surface area contributed by atoms with Crippen molar-refractivity contribution in [3.8, 4) is 5.75 Å². The van der Waals surface area contributed by atoms with Crippen LogP contribution in [0.2, 0.25) is 0 Å². The number of methoxy groups -OCH3 is 1. The molecule has 36 heavy (non-hydrogen) atoms. The van der Waals surface area contributed by atoms with Crippen molar-refractivity contribution in [2.45, 2.75) is 31.5 Å². The van der Waals surface area contributed by atoms with E-state index in [1.807, 2.05) is 59.5 Å². The maximum Gasteiger partial charge on any atom is 0.259 e. The van der Waals surface area contributed by atoms with E-state index in [0.717, 1.165) is 53.0 Å². The smallest absolute Gasteiger partial charge is 0.259 e. The summed E-state index contributed by atoms with van der Waals surface area (Å²) in [6.45, 7) is 3.05. The second-order valence-electron chi connectivity index (χ2n) is 9.89. The summed E-state index contributed by atoms with van der Waals surface area (Å²) in [5.41, 5.74) is 3.98. The van der Waals surface area contributed by atoms with E-state index in [0.29, 0.717) is 24.9 Å². The van der Waals surface area contributed by atoms with Crippen LogP contribution >= 0.6 is 0 Å². The highest BCUT2D eigenvalue weighted by atomic mass is 16.5. The summed E-state index contributed by atoms with van der Waals surface area (Å²) in [6, 6.07) is 28.2. The number of piperidine rings is 1. The summed E-state index contributed by atoms with van der Waals surface area (Å²) >= 11 is 0. The van der Waals surface area contributed by atoms with Crippen LogP contribution in [-0.2, 0) is 18.7 Å². The third kappa shape index (κ3) is 3.94. The van der Waals surface area contributed by atoms with Crippen molar-refractivity contribution >= 4 is 22.4 Å². The van der Waals surface area contributed by atoms with E-state index in [2.05, 4.69) is 35.2 Å². The lowest BCUT2D eigenvalue weighted by molar-refractivity contribution is -0.0265. The summed E-state index contributed by atoms with van der Waals surface area (Å²) in [7, 11) is 1.65. The van der Waals surface area contributed by atoms with Crippen molar-refractivity contribution in [3.63, 3.8) is 0 Å². The molecule has 0 atom stereocenters. The lowest BCUT2D eigenvalue weighted by Crippen LogP contribution is -2.42. The van der Waals surface area contributed by atoms with Crippen LogP contribution in [0.25, 0.3) is 10.8 Å². The summed E-state index contributed by atoms with van der Waals surface area (Å²) in [4.78, 5) is 17.7. The Kier molecular flexibility index (Phi) is 5.75. The van der Waals surface area contributed by atoms with Crippen LogP contribution in [0.1, 0.15) is 39.9 Å². The fraction of sp³-hybridized carbons (Fsp3) is 0.258. The van der Waals surface area contributed by atoms with Crippen LogP contribution < -0.4 is 9.64 Å². The number of carbonyl (C=O) groups is 1. The second-order valence-corrected chi connectivity index (χ2v) is 9.89. The molecule has 0 unspecified atom stereocenters. The maximum absolute atomic E-state index is 13.4. The molecule has 1 saturated heterocycles. The van der Waals surface area contributed by atoms with E-state index >= 15 is 0 Å². The molecule has 0 aromatic heterocycles. The van der Waals surface area contributed by atoms with Crippen LogP contribution in [0, 0.1) is 0 Å². The molecule has 1 fully saturated rings. The first kappa shape index (κ1) is 22.8. The molecular weight excluding hydrogens is 448 g/mol. The van der Waals surface area contributed by atoms with Gasteiger partial charge in [0.1, 0.15) is 5.75 Å². The third-order valence-electron chi connectivity index (χ3n) is 7.72. The minimum Gasteiger partial charge on any atom is -0.497 e. The summed E-state index contributed by atoms with van der Waals surface area (Å²) in [5, 5.41) is 13.7. The molecular formula is C31H30N2O3. The highest BCUT2D eigenvalue weighted by Crippen LogP contribution is 2.44. The standard InChI is InChI=1S/C31H30N2O3/c1-36-24-12-10-23(11-13-24)21-33-28-9-5-8-25-27(15-14-26(29(25)28)30(33)34)31(35)16-18-32(19-17-31)20-22-6-3-2-4-7-22/h2-15,35H,16-21H2,1H3. The Balaban J connectivity index is 1.28. The van der Waals surface area contributed by atoms with Gasteiger partial charge in [0.05, 0.1) is 24.9 Å². The SMILES string of the molecule is COc1ccc(CN2C(=O)c3ccc(C4(O)CCN(Cc5ccccc5)CC4)c4cccc2c34)cc1. The van der Waals surface area contributed by atoms with Crippen LogP contribution in [0.3, 0.4) is 0 Å². The number of ether oxygens (including phenoxy) is 1. The number of hydrogen-bond acceptors (Lipinski definition) is 4. The molecule has 5 heteroatoms. The van der Waals surface area contributed by atoms with Gasteiger partial charge in [0, 0.05) is 30.6 Å². The van der Waals surface area contributed by atoms with E-state index in [1.54, 1.807) is 7.11 Å². The average Bonchev–Trinajstić information content (AvgIpc) is 3.19. The van der Waals surface area contributed by atoms with Gasteiger partial charge in [-0.2, -0.15) is 0 Å². The minimum atomic E-state index is -0.906. The summed E-state index contributed by atoms with van der Waals surface area (Å²) in [6.07, 6.45) is 1.34. The quantitative estimate of drug-likeness (QED) is 0.398. The first-order chi connectivity index (χ1) is 17.6. The van der Waals surface area contributed by atoms with Crippen molar-refractivity contribution in [2.75, 3.05) is 25.1 Å². The molecule has 2 aliphatic rings. The van der Waals surface area contributed by atoms with E-state index in [9.17, 15) is 9.90 Å². The Hall–Kier alpha value is -3.67. The highest BCUT2D eigenvalue weighted by molar-refractivity contribution is 6.25. The zero-order valence-corrected chi connectivity index (χ0v) is 20.5. The molecule has 2 aliphatic heterocycles. The van der Waals surface area contributed by atoms with Gasteiger partial charge in [0.15, 0.2) is 0 Å². The van der Waals surface area contributed by atoms with Crippen LogP contribution in [-0.4, -0.2) is 36.1 Å². The molecule has 0 saturated carbocycles. The second kappa shape index (κ2) is 9.08. The fourth-order valence-electron chi connectivity index (χ4n) is 5.71. The van der Waals surface area contributed by atoms with Crippen molar-refractivity contribution in [1.29, 1.82) is 0 Å². The van der Waals surface area contributed by atoms with Gasteiger partial charge in [-0.1, -0.05) is 60.7 Å². The normalized spacial score (nSPS) is 17.1. The molecule has 5 nitrogen and oxygen atoms in total. The molecule has 0 radical (unpaired) electrons. The van der Waals surface area contributed by atoms with Crippen molar-refractivity contribution in [3.05, 3.63) is 107 Å². The van der Waals surface area contributed by atoms with E-state index in [-0.39, 0.29) is 5.91 Å². The van der Waals surface area contributed by atoms with Gasteiger partial charge in [0.25, 0.3) is 5.91 Å². The van der Waals surface area contributed by atoms with Gasteiger partial charge in [-0.3, -0.25) is 9.69 Å². The molecule has 1 amide bonds. The number of rotatable bonds is 6. The van der Waals surface area contributed by atoms with Gasteiger partial charge in [-0.05, 0) is 59.2 Å². The van der Waals surface area contributed by atoms with Crippen molar-refractivity contribution in [2.24, 2.45) is 0 Å². The molecule has 0 bridgehead atoms. The molecule has 4 aromatic rings. The number of hydrogen-bond donors (Lipinski definition) is 1. The molecule has 182 valence electrons. The van der Waals surface area contributed by atoms with Crippen LogP contribution in [0.5, 0.6) is 5.75 Å². The Bertz CT molecular complexity index is 1410. The summed E-state index contributed by atoms with van der Waals surface area (Å²) < 4.78 is 5.27. The zero-order valence-electron chi connectivity index (χ0n) is 20.5. The van der Waals surface area contributed by atoms with Gasteiger partial charge in [0.2, 0.25) is 0 Å². The molecule has 0 aliphatic carbocycles. The van der Waals surface area contributed by atoms with E-state index in [4.69, 9.17) is 4.74 Å². The zero-order chi connectivity index (χ0) is 24.7. The van der Waals surface area contributed by atoms with Crippen molar-refractivity contribution in [1.82, 2.24) is 4.90 Å². The molecule has 1 N–H and O–H groups in total. The molecule has 4 aromatic carbocycles. The maximum atomic E-state index is 13.4. The predicted molar refractivity (Wildman–Crippen MR) is 142 cm³/mol. The van der Waals surface area contributed by atoms with Crippen molar-refractivity contribution < 1.29 is 14.6 Å². The van der Waals surface area contributed by atoms with Gasteiger partial charge in [-0.15, -0.1) is 0 Å². The number of likely N-dealkylation sites (tertiary alicyclic amines) is 1. The van der Waals surface area contributed by atoms with Gasteiger partial charge in [-0.25, -0.2) is 0 Å². The largest absolute Gasteiger partial charge is 0.497 e. The number of amides is 1. The Labute approximate surface area is 211 Å². The molecule has 0 spiro atoms. The van der Waals surface area contributed by atoms with E-state index < -0.39 is 5.60 Å². The molecule has 2 heterocycles. The van der Waals surface area contributed by atoms with Gasteiger partial charge < -0.3 is 14.7 Å². The first-order valence-corrected chi connectivity index (χ1v) is 12.6. The highest BCUT2D eigenvalue weighted by Gasteiger charge is 2.38. The third-order valence-corrected chi connectivity index (χ3v) is 7.72. The predicted octanol–water partition coefficient (Wildman–Crippen LogP) is 5.49. The minimum absolute atomic E-state index is 0.00763. The number of anilines is 1. The Morgan fingerprint density at radius 2 is 1.56 bits per heavy atom. The first-order valence-electron chi connectivity index (χ1n) is 12.6. The van der Waals surface area contributed by atoms with Gasteiger partial charge >= 0.3 is 0 Å². The Morgan fingerprint density at radius 3 is 2.28 bits per heavy atom. The fourth-order valence-corrected chi connectivity index (χ4v) is 5.71. The lowest BCUT2D eigenvalue weighted by atomic mass is 9.81. The average molecular weight is 479 g/mol. The lowest BCUT2D eigenvalue weighted by Gasteiger charge is -2.39. The number of carbonyl (C=O) groups excluding carboxylic acids is 1. The number of nitrogens with zero attached hydrogens (tertiary/aromatic N) is 2. The monoisotopic (exact) mass is 478 g/mol. The number of aliphatic hydroxyl groups is 1. The summed E-state index contributed by atoms with van der Waals surface area (Å²) in [5.74, 6) is 0.804. The van der Waals surface area contributed by atoms with E-state index in [1.165, 1.54) is 5.56 Å². The Morgan fingerprint density at radius 1 is 0.833 bits per heavy atom.